The zero-order chi connectivity index (χ0) is 14.5. The van der Waals surface area contributed by atoms with Gasteiger partial charge in [-0.1, -0.05) is 0 Å². The Morgan fingerprint density at radius 3 is 2.47 bits per heavy atom. The van der Waals surface area contributed by atoms with Crippen molar-refractivity contribution in [1.82, 2.24) is 4.90 Å². The molecule has 0 aromatic heterocycles. The second-order valence-corrected chi connectivity index (χ2v) is 4.78. The molecule has 1 atom stereocenters. The van der Waals surface area contributed by atoms with Gasteiger partial charge in [-0.3, -0.25) is 4.79 Å². The molecule has 1 aliphatic rings. The molecule has 1 fully saturated rings. The predicted molar refractivity (Wildman–Crippen MR) is 62.5 cm³/mol. The first kappa shape index (κ1) is 16.2. The third-order valence-corrected chi connectivity index (χ3v) is 3.23. The van der Waals surface area contributed by atoms with Crippen molar-refractivity contribution in [1.29, 1.82) is 0 Å². The second kappa shape index (κ2) is 7.09. The van der Waals surface area contributed by atoms with Gasteiger partial charge in [-0.2, -0.15) is 13.2 Å². The van der Waals surface area contributed by atoms with Crippen LogP contribution >= 0.6 is 0 Å². The van der Waals surface area contributed by atoms with Gasteiger partial charge in [0.15, 0.2) is 0 Å². The van der Waals surface area contributed by atoms with E-state index in [1.54, 1.807) is 11.8 Å². The van der Waals surface area contributed by atoms with Gasteiger partial charge in [0.1, 0.15) is 0 Å². The van der Waals surface area contributed by atoms with Crippen molar-refractivity contribution in [3.63, 3.8) is 0 Å². The zero-order valence-corrected chi connectivity index (χ0v) is 10.9. The Morgan fingerprint density at radius 1 is 1.42 bits per heavy atom. The van der Waals surface area contributed by atoms with E-state index in [-0.39, 0.29) is 32.4 Å². The molecule has 1 rings (SSSR count). The van der Waals surface area contributed by atoms with Crippen molar-refractivity contribution in [2.75, 3.05) is 26.2 Å². The molecule has 0 amide bonds. The minimum Gasteiger partial charge on any atom is -0.466 e. The minimum absolute atomic E-state index is 0.0512. The summed E-state index contributed by atoms with van der Waals surface area (Å²) in [6, 6.07) is 0. The van der Waals surface area contributed by atoms with Crippen molar-refractivity contribution in [3.05, 3.63) is 0 Å². The van der Waals surface area contributed by atoms with E-state index in [0.717, 1.165) is 0 Å². The van der Waals surface area contributed by atoms with Gasteiger partial charge in [-0.15, -0.1) is 0 Å². The number of aliphatic hydroxyl groups excluding tert-OH is 1. The fourth-order valence-corrected chi connectivity index (χ4v) is 2.22. The lowest BCUT2D eigenvalue weighted by Crippen LogP contribution is -2.42. The van der Waals surface area contributed by atoms with E-state index in [2.05, 4.69) is 0 Å². The maximum absolute atomic E-state index is 12.5. The van der Waals surface area contributed by atoms with Crippen LogP contribution in [0.25, 0.3) is 0 Å². The van der Waals surface area contributed by atoms with Gasteiger partial charge in [0.2, 0.25) is 0 Å². The third kappa shape index (κ3) is 5.78. The number of carbonyl (C=O) groups excluding carboxylic acids is 1. The highest BCUT2D eigenvalue weighted by Gasteiger charge is 2.41. The van der Waals surface area contributed by atoms with Crippen molar-refractivity contribution >= 4 is 5.97 Å². The van der Waals surface area contributed by atoms with Crippen LogP contribution in [0.4, 0.5) is 13.2 Å². The van der Waals surface area contributed by atoms with E-state index in [0.29, 0.717) is 13.1 Å². The smallest absolute Gasteiger partial charge is 0.391 e. The lowest BCUT2D eigenvalue weighted by Gasteiger charge is -2.33. The van der Waals surface area contributed by atoms with E-state index in [1.807, 2.05) is 0 Å². The van der Waals surface area contributed by atoms with Crippen LogP contribution < -0.4 is 0 Å². The number of rotatable bonds is 5. The number of hydrogen-bond donors (Lipinski definition) is 1. The number of halogens is 3. The molecular formula is C12H20F3NO3. The summed E-state index contributed by atoms with van der Waals surface area (Å²) in [7, 11) is 0. The maximum Gasteiger partial charge on any atom is 0.391 e. The third-order valence-electron chi connectivity index (χ3n) is 3.23. The molecule has 0 spiro atoms. The Hall–Kier alpha value is -0.820. The molecule has 7 heteroatoms. The minimum atomic E-state index is -4.13. The molecule has 0 saturated carbocycles. The molecule has 1 aliphatic heterocycles. The van der Waals surface area contributed by atoms with Crippen molar-refractivity contribution < 1.29 is 27.8 Å². The van der Waals surface area contributed by atoms with Gasteiger partial charge < -0.3 is 14.7 Å². The molecule has 19 heavy (non-hydrogen) atoms. The summed E-state index contributed by atoms with van der Waals surface area (Å²) in [6.45, 7) is 2.73. The van der Waals surface area contributed by atoms with E-state index >= 15 is 0 Å². The van der Waals surface area contributed by atoms with E-state index in [4.69, 9.17) is 4.74 Å². The highest BCUT2D eigenvalue weighted by molar-refractivity contribution is 5.69. The lowest BCUT2D eigenvalue weighted by atomic mass is 9.96. The monoisotopic (exact) mass is 283 g/mol. The summed E-state index contributed by atoms with van der Waals surface area (Å²) in [5, 5.41) is 9.66. The summed E-state index contributed by atoms with van der Waals surface area (Å²) < 4.78 is 42.1. The van der Waals surface area contributed by atoms with Crippen molar-refractivity contribution in [2.24, 2.45) is 5.92 Å². The van der Waals surface area contributed by atoms with Gasteiger partial charge in [-0.05, 0) is 32.9 Å². The number of likely N-dealkylation sites (tertiary alicyclic amines) is 1. The average Bonchev–Trinajstić information content (AvgIpc) is 2.28. The Morgan fingerprint density at radius 2 is 2.00 bits per heavy atom. The first-order valence-corrected chi connectivity index (χ1v) is 6.45. The van der Waals surface area contributed by atoms with Gasteiger partial charge in [0.25, 0.3) is 0 Å². The maximum atomic E-state index is 12.5. The van der Waals surface area contributed by atoms with Gasteiger partial charge in [0.05, 0.1) is 25.0 Å². The fourth-order valence-electron chi connectivity index (χ4n) is 2.22. The van der Waals surface area contributed by atoms with E-state index in [1.165, 1.54) is 0 Å². The molecular weight excluding hydrogens is 263 g/mol. The van der Waals surface area contributed by atoms with Crippen molar-refractivity contribution in [3.8, 4) is 0 Å². The molecule has 0 bridgehead atoms. The first-order valence-electron chi connectivity index (χ1n) is 6.45. The molecule has 0 aromatic rings. The SMILES string of the molecule is CCOC(=O)CC(O)CN1CCC(C(F)(F)F)CC1. The largest absolute Gasteiger partial charge is 0.466 e. The van der Waals surface area contributed by atoms with Crippen LogP contribution in [0.5, 0.6) is 0 Å². The summed E-state index contributed by atoms with van der Waals surface area (Å²) in [5.41, 5.74) is 0. The van der Waals surface area contributed by atoms with E-state index in [9.17, 15) is 23.1 Å². The van der Waals surface area contributed by atoms with Gasteiger partial charge >= 0.3 is 12.1 Å². The average molecular weight is 283 g/mol. The zero-order valence-electron chi connectivity index (χ0n) is 10.9. The number of nitrogens with zero attached hydrogens (tertiary/aromatic N) is 1. The van der Waals surface area contributed by atoms with Crippen LogP contribution in [0.2, 0.25) is 0 Å². The molecule has 0 aliphatic carbocycles. The summed E-state index contributed by atoms with van der Waals surface area (Å²) in [4.78, 5) is 12.9. The molecule has 1 saturated heterocycles. The summed E-state index contributed by atoms with van der Waals surface area (Å²) in [5.74, 6) is -1.73. The molecule has 4 nitrogen and oxygen atoms in total. The Bertz CT molecular complexity index is 288. The van der Waals surface area contributed by atoms with Crippen LogP contribution in [0.3, 0.4) is 0 Å². The fraction of sp³-hybridized carbons (Fsp3) is 0.917. The highest BCUT2D eigenvalue weighted by atomic mass is 19.4. The molecule has 0 radical (unpaired) electrons. The molecule has 112 valence electrons. The molecule has 0 aromatic carbocycles. The normalized spacial score (nSPS) is 20.3. The van der Waals surface area contributed by atoms with Gasteiger partial charge in [-0.25, -0.2) is 0 Å². The Balaban J connectivity index is 2.27. The molecule has 1 heterocycles. The van der Waals surface area contributed by atoms with Crippen LogP contribution in [-0.4, -0.2) is 54.5 Å². The Labute approximate surface area is 110 Å². The number of carbonyl (C=O) groups is 1. The van der Waals surface area contributed by atoms with E-state index < -0.39 is 24.2 Å². The van der Waals surface area contributed by atoms with Crippen LogP contribution in [0, 0.1) is 5.92 Å². The topological polar surface area (TPSA) is 49.8 Å². The number of hydrogen-bond acceptors (Lipinski definition) is 4. The van der Waals surface area contributed by atoms with Gasteiger partial charge in [0, 0.05) is 6.54 Å². The number of ether oxygens (including phenoxy) is 1. The number of aliphatic hydroxyl groups is 1. The number of alkyl halides is 3. The number of β-amino-alcohol motifs (C(OH)–C–C–N with tert-alkyl or cyclic N) is 1. The summed E-state index contributed by atoms with van der Waals surface area (Å²) >= 11 is 0. The highest BCUT2D eigenvalue weighted by Crippen LogP contribution is 2.34. The Kier molecular flexibility index (Phi) is 6.06. The lowest BCUT2D eigenvalue weighted by molar-refractivity contribution is -0.185. The van der Waals surface area contributed by atoms with Crippen LogP contribution in [-0.2, 0) is 9.53 Å². The predicted octanol–water partition coefficient (Wildman–Crippen LogP) is 1.57. The standard InChI is InChI=1S/C12H20F3NO3/c1-2-19-11(18)7-10(17)8-16-5-3-9(4-6-16)12(13,14)15/h9-10,17H,2-8H2,1H3. The molecule has 1 unspecified atom stereocenters. The number of piperidine rings is 1. The van der Waals surface area contributed by atoms with Crippen molar-refractivity contribution in [2.45, 2.75) is 38.5 Å². The first-order chi connectivity index (χ1) is 8.82. The molecule has 1 N–H and O–H groups in total. The quantitative estimate of drug-likeness (QED) is 0.778. The van der Waals surface area contributed by atoms with Crippen LogP contribution in [0.15, 0.2) is 0 Å². The second-order valence-electron chi connectivity index (χ2n) is 4.78. The van der Waals surface area contributed by atoms with Crippen LogP contribution in [0.1, 0.15) is 26.2 Å². The summed E-state index contributed by atoms with van der Waals surface area (Å²) in [6.07, 6.45) is -5.03. The number of esters is 1.